The van der Waals surface area contributed by atoms with E-state index in [4.69, 9.17) is 5.73 Å². The Morgan fingerprint density at radius 1 is 1.35 bits per heavy atom. The van der Waals surface area contributed by atoms with Gasteiger partial charge in [0.1, 0.15) is 0 Å². The molecular formula is C16H22N2O2. The van der Waals surface area contributed by atoms with Crippen molar-refractivity contribution >= 4 is 11.7 Å². The minimum Gasteiger partial charge on any atom is -0.369 e. The summed E-state index contributed by atoms with van der Waals surface area (Å²) in [4.78, 5) is 25.9. The van der Waals surface area contributed by atoms with E-state index >= 15 is 0 Å². The van der Waals surface area contributed by atoms with E-state index in [1.807, 2.05) is 43.9 Å². The molecule has 1 unspecified atom stereocenters. The van der Waals surface area contributed by atoms with Crippen LogP contribution < -0.4 is 5.73 Å². The van der Waals surface area contributed by atoms with Gasteiger partial charge in [-0.1, -0.05) is 17.7 Å². The van der Waals surface area contributed by atoms with Crippen molar-refractivity contribution in [2.24, 2.45) is 11.1 Å². The second kappa shape index (κ2) is 5.37. The molecule has 1 amide bonds. The highest BCUT2D eigenvalue weighted by molar-refractivity contribution is 5.99. The maximum absolute atomic E-state index is 12.4. The maximum Gasteiger partial charge on any atom is 0.224 e. The van der Waals surface area contributed by atoms with Crippen LogP contribution >= 0.6 is 0 Å². The molecule has 0 aliphatic carbocycles. The lowest BCUT2D eigenvalue weighted by molar-refractivity contribution is -0.126. The third-order valence-corrected chi connectivity index (χ3v) is 4.21. The molecule has 1 aromatic rings. The highest BCUT2D eigenvalue weighted by Gasteiger charge is 2.39. The monoisotopic (exact) mass is 274 g/mol. The number of nitrogens with two attached hydrogens (primary N) is 1. The zero-order valence-corrected chi connectivity index (χ0v) is 12.4. The lowest BCUT2D eigenvalue weighted by Gasteiger charge is -2.20. The van der Waals surface area contributed by atoms with Gasteiger partial charge in [0.15, 0.2) is 5.78 Å². The molecule has 2 N–H and O–H groups in total. The van der Waals surface area contributed by atoms with Crippen LogP contribution in [0, 0.1) is 19.3 Å². The summed E-state index contributed by atoms with van der Waals surface area (Å²) in [5.41, 5.74) is 7.79. The topological polar surface area (TPSA) is 63.4 Å². The average Bonchev–Trinajstić information content (AvgIpc) is 2.75. The van der Waals surface area contributed by atoms with Crippen LogP contribution in [0.5, 0.6) is 0 Å². The van der Waals surface area contributed by atoms with Crippen molar-refractivity contribution in [1.82, 2.24) is 4.90 Å². The van der Waals surface area contributed by atoms with Crippen LogP contribution in [-0.4, -0.2) is 36.2 Å². The number of carbonyl (C=O) groups is 2. The Balaban J connectivity index is 2.06. The molecule has 4 heteroatoms. The fraction of sp³-hybridized carbons (Fsp3) is 0.500. The Morgan fingerprint density at radius 2 is 2.05 bits per heavy atom. The fourth-order valence-electron chi connectivity index (χ4n) is 2.72. The Labute approximate surface area is 119 Å². The van der Waals surface area contributed by atoms with Crippen molar-refractivity contribution in [2.45, 2.75) is 27.2 Å². The molecular weight excluding hydrogens is 252 g/mol. The standard InChI is InChI=1S/C16H22N2O2/c1-11-4-5-12(2)13(8-11)14(19)9-18-7-6-16(3,10-18)15(17)20/h4-5,8H,6-7,9-10H2,1-3H3,(H2,17,20). The molecule has 1 atom stereocenters. The van der Waals surface area contributed by atoms with Gasteiger partial charge in [0.25, 0.3) is 0 Å². The Bertz CT molecular complexity index is 553. The number of hydrogen-bond donors (Lipinski definition) is 1. The lowest BCUT2D eigenvalue weighted by atomic mass is 9.89. The summed E-state index contributed by atoms with van der Waals surface area (Å²) in [6.07, 6.45) is 0.725. The third kappa shape index (κ3) is 2.90. The second-order valence-electron chi connectivity index (χ2n) is 6.13. The van der Waals surface area contributed by atoms with Gasteiger partial charge in [-0.25, -0.2) is 0 Å². The number of benzene rings is 1. The molecule has 20 heavy (non-hydrogen) atoms. The van der Waals surface area contributed by atoms with Gasteiger partial charge in [-0.2, -0.15) is 0 Å². The molecule has 1 saturated heterocycles. The molecule has 0 aromatic heterocycles. The van der Waals surface area contributed by atoms with Crippen molar-refractivity contribution in [2.75, 3.05) is 19.6 Å². The number of carbonyl (C=O) groups excluding carboxylic acids is 2. The summed E-state index contributed by atoms with van der Waals surface area (Å²) >= 11 is 0. The van der Waals surface area contributed by atoms with Crippen LogP contribution in [-0.2, 0) is 4.79 Å². The number of nitrogens with zero attached hydrogens (tertiary/aromatic N) is 1. The number of amides is 1. The van der Waals surface area contributed by atoms with Crippen molar-refractivity contribution < 1.29 is 9.59 Å². The summed E-state index contributed by atoms with van der Waals surface area (Å²) in [6.45, 7) is 7.47. The van der Waals surface area contributed by atoms with E-state index in [-0.39, 0.29) is 11.7 Å². The summed E-state index contributed by atoms with van der Waals surface area (Å²) < 4.78 is 0. The van der Waals surface area contributed by atoms with Gasteiger partial charge in [-0.15, -0.1) is 0 Å². The van der Waals surface area contributed by atoms with E-state index in [0.717, 1.165) is 29.7 Å². The quantitative estimate of drug-likeness (QED) is 0.850. The van der Waals surface area contributed by atoms with Gasteiger partial charge < -0.3 is 5.73 Å². The Kier molecular flexibility index (Phi) is 3.95. The van der Waals surface area contributed by atoms with Gasteiger partial charge in [-0.3, -0.25) is 14.5 Å². The third-order valence-electron chi connectivity index (χ3n) is 4.21. The summed E-state index contributed by atoms with van der Waals surface area (Å²) in [5.74, 6) is -0.167. The molecule has 1 fully saturated rings. The van der Waals surface area contributed by atoms with E-state index < -0.39 is 5.41 Å². The maximum atomic E-state index is 12.4. The number of Topliss-reactive ketones (excluding diaryl/α,β-unsaturated/α-hetero) is 1. The highest BCUT2D eigenvalue weighted by atomic mass is 16.1. The lowest BCUT2D eigenvalue weighted by Crippen LogP contribution is -2.38. The predicted molar refractivity (Wildman–Crippen MR) is 78.6 cm³/mol. The first-order valence-electron chi connectivity index (χ1n) is 6.94. The van der Waals surface area contributed by atoms with Crippen molar-refractivity contribution in [3.63, 3.8) is 0 Å². The smallest absolute Gasteiger partial charge is 0.224 e. The molecule has 4 nitrogen and oxygen atoms in total. The zero-order chi connectivity index (χ0) is 14.9. The first-order valence-corrected chi connectivity index (χ1v) is 6.94. The molecule has 0 bridgehead atoms. The molecule has 0 spiro atoms. The summed E-state index contributed by atoms with van der Waals surface area (Å²) in [7, 11) is 0. The SMILES string of the molecule is Cc1ccc(C)c(C(=O)CN2CCC(C)(C(N)=O)C2)c1. The molecule has 0 saturated carbocycles. The number of hydrogen-bond acceptors (Lipinski definition) is 3. The van der Waals surface area contributed by atoms with Gasteiger partial charge >= 0.3 is 0 Å². The molecule has 1 aromatic carbocycles. The van der Waals surface area contributed by atoms with E-state index in [0.29, 0.717) is 13.1 Å². The molecule has 1 aliphatic rings. The van der Waals surface area contributed by atoms with Gasteiger partial charge in [0, 0.05) is 12.1 Å². The van der Waals surface area contributed by atoms with Crippen molar-refractivity contribution in [1.29, 1.82) is 0 Å². The largest absolute Gasteiger partial charge is 0.369 e. The van der Waals surface area contributed by atoms with Crippen molar-refractivity contribution in [3.8, 4) is 0 Å². The molecule has 1 heterocycles. The Hall–Kier alpha value is -1.68. The van der Waals surface area contributed by atoms with Crippen LogP contribution in [0.2, 0.25) is 0 Å². The highest BCUT2D eigenvalue weighted by Crippen LogP contribution is 2.29. The molecule has 108 valence electrons. The first kappa shape index (κ1) is 14.7. The number of primary amides is 1. The normalized spacial score (nSPS) is 22.9. The van der Waals surface area contributed by atoms with Crippen molar-refractivity contribution in [3.05, 3.63) is 34.9 Å². The fourth-order valence-corrected chi connectivity index (χ4v) is 2.72. The van der Waals surface area contributed by atoms with E-state index in [1.165, 1.54) is 0 Å². The number of rotatable bonds is 4. The minimum atomic E-state index is -0.498. The number of ketones is 1. The Morgan fingerprint density at radius 3 is 2.65 bits per heavy atom. The van der Waals surface area contributed by atoms with Gasteiger partial charge in [-0.05, 0) is 45.4 Å². The zero-order valence-electron chi connectivity index (χ0n) is 12.4. The second-order valence-corrected chi connectivity index (χ2v) is 6.13. The van der Waals surface area contributed by atoms with Gasteiger partial charge in [0.2, 0.25) is 5.91 Å². The van der Waals surface area contributed by atoms with Gasteiger partial charge in [0.05, 0.1) is 12.0 Å². The van der Waals surface area contributed by atoms with Crippen LogP contribution in [0.3, 0.4) is 0 Å². The predicted octanol–water partition coefficient (Wildman–Crippen LogP) is 1.68. The molecule has 0 radical (unpaired) electrons. The number of likely N-dealkylation sites (tertiary alicyclic amines) is 1. The summed E-state index contributed by atoms with van der Waals surface area (Å²) in [6, 6.07) is 5.91. The van der Waals surface area contributed by atoms with Crippen LogP contribution in [0.4, 0.5) is 0 Å². The van der Waals surface area contributed by atoms with E-state index in [1.54, 1.807) is 0 Å². The van der Waals surface area contributed by atoms with E-state index in [2.05, 4.69) is 0 Å². The van der Waals surface area contributed by atoms with Crippen LogP contribution in [0.15, 0.2) is 18.2 Å². The average molecular weight is 274 g/mol. The minimum absolute atomic E-state index is 0.111. The molecule has 2 rings (SSSR count). The van der Waals surface area contributed by atoms with E-state index in [9.17, 15) is 9.59 Å². The van der Waals surface area contributed by atoms with Crippen LogP contribution in [0.1, 0.15) is 34.8 Å². The first-order chi connectivity index (χ1) is 9.32. The summed E-state index contributed by atoms with van der Waals surface area (Å²) in [5, 5.41) is 0. The number of aryl methyl sites for hydroxylation is 2. The molecule has 1 aliphatic heterocycles. The van der Waals surface area contributed by atoms with Crippen LogP contribution in [0.25, 0.3) is 0 Å².